The lowest BCUT2D eigenvalue weighted by molar-refractivity contribution is 0.273. The van der Waals surface area contributed by atoms with Gasteiger partial charge < -0.3 is 5.32 Å². The van der Waals surface area contributed by atoms with E-state index in [-0.39, 0.29) is 11.2 Å². The molecule has 1 aliphatic heterocycles. The van der Waals surface area contributed by atoms with Gasteiger partial charge in [0.2, 0.25) is 0 Å². The Morgan fingerprint density at radius 3 is 2.42 bits per heavy atom. The van der Waals surface area contributed by atoms with Crippen molar-refractivity contribution in [3.05, 3.63) is 35.3 Å². The van der Waals surface area contributed by atoms with E-state index in [4.69, 9.17) is 0 Å². The van der Waals surface area contributed by atoms with Gasteiger partial charge in [-0.15, -0.1) is 0 Å². The maximum absolute atomic E-state index is 12.8. The highest BCUT2D eigenvalue weighted by atomic mass is 32.2. The zero-order valence-corrected chi connectivity index (χ0v) is 17.4. The van der Waals surface area contributed by atoms with Crippen LogP contribution in [0.5, 0.6) is 0 Å². The number of allylic oxidation sites excluding steroid dienone is 4. The van der Waals surface area contributed by atoms with Crippen LogP contribution < -0.4 is 5.32 Å². The molecule has 0 aromatic heterocycles. The van der Waals surface area contributed by atoms with Crippen LogP contribution in [0.1, 0.15) is 52.9 Å². The largest absolute Gasteiger partial charge is 0.316 e. The van der Waals surface area contributed by atoms with Gasteiger partial charge in [0.15, 0.2) is 9.84 Å². The Balaban J connectivity index is 1.64. The molecule has 1 saturated heterocycles. The highest BCUT2D eigenvalue weighted by molar-refractivity contribution is 7.95. The fourth-order valence-corrected chi connectivity index (χ4v) is 5.21. The lowest BCUT2D eigenvalue weighted by Gasteiger charge is -2.31. The van der Waals surface area contributed by atoms with Crippen LogP contribution in [0.25, 0.3) is 0 Å². The molecule has 3 rings (SSSR count). The van der Waals surface area contributed by atoms with Crippen LogP contribution in [-0.2, 0) is 9.84 Å². The zero-order chi connectivity index (χ0) is 18.8. The van der Waals surface area contributed by atoms with E-state index in [9.17, 15) is 8.42 Å². The molecule has 0 aromatic carbocycles. The molecule has 0 bridgehead atoms. The van der Waals surface area contributed by atoms with Crippen molar-refractivity contribution in [3.63, 3.8) is 0 Å². The first kappa shape index (κ1) is 19.9. The highest BCUT2D eigenvalue weighted by Gasteiger charge is 2.33. The van der Waals surface area contributed by atoms with E-state index in [1.54, 1.807) is 0 Å². The van der Waals surface area contributed by atoms with Gasteiger partial charge in [0, 0.05) is 0 Å². The van der Waals surface area contributed by atoms with Crippen molar-refractivity contribution in [2.24, 2.45) is 29.1 Å². The van der Waals surface area contributed by atoms with Crippen LogP contribution in [0.2, 0.25) is 0 Å². The van der Waals surface area contributed by atoms with Crippen molar-refractivity contribution in [1.29, 1.82) is 0 Å². The molecule has 2 unspecified atom stereocenters. The van der Waals surface area contributed by atoms with E-state index in [1.165, 1.54) is 12.8 Å². The predicted molar refractivity (Wildman–Crippen MR) is 110 cm³/mol. The SMILES string of the molecule is CC(C)(C)CC1C=CC(S(=O)(=O)CC=CCC2CNC2)=CC1CC1CC1. The molecule has 26 heavy (non-hydrogen) atoms. The number of hydrogen-bond acceptors (Lipinski definition) is 3. The van der Waals surface area contributed by atoms with Crippen LogP contribution in [0.15, 0.2) is 35.3 Å². The van der Waals surface area contributed by atoms with Crippen LogP contribution in [0.4, 0.5) is 0 Å². The summed E-state index contributed by atoms with van der Waals surface area (Å²) in [5.41, 5.74) is 0.264. The molecule has 3 aliphatic rings. The molecule has 146 valence electrons. The molecule has 0 aromatic rings. The second-order valence-electron chi connectivity index (χ2n) is 9.71. The summed E-state index contributed by atoms with van der Waals surface area (Å²) in [6.45, 7) is 8.93. The predicted octanol–water partition coefficient (Wildman–Crippen LogP) is 4.49. The van der Waals surface area contributed by atoms with E-state index in [1.807, 2.05) is 18.2 Å². The van der Waals surface area contributed by atoms with Crippen LogP contribution in [0.3, 0.4) is 0 Å². The average Bonchev–Trinajstić information content (AvgIpc) is 3.29. The van der Waals surface area contributed by atoms with Crippen LogP contribution in [0, 0.1) is 29.1 Å². The monoisotopic (exact) mass is 377 g/mol. The summed E-state index contributed by atoms with van der Waals surface area (Å²) in [5.74, 6) is 2.47. The van der Waals surface area contributed by atoms with E-state index < -0.39 is 9.84 Å². The Bertz CT molecular complexity index is 673. The molecule has 1 N–H and O–H groups in total. The number of rotatable bonds is 8. The molecule has 2 fully saturated rings. The molecule has 1 saturated carbocycles. The first-order valence-electron chi connectivity index (χ1n) is 10.2. The van der Waals surface area contributed by atoms with Gasteiger partial charge in [-0.2, -0.15) is 0 Å². The molecule has 2 atom stereocenters. The molecular formula is C22H35NO2S. The number of sulfone groups is 1. The minimum atomic E-state index is -3.21. The molecule has 0 radical (unpaired) electrons. The van der Waals surface area contributed by atoms with Gasteiger partial charge >= 0.3 is 0 Å². The van der Waals surface area contributed by atoms with Gasteiger partial charge in [0.05, 0.1) is 10.7 Å². The summed E-state index contributed by atoms with van der Waals surface area (Å²) >= 11 is 0. The van der Waals surface area contributed by atoms with Crippen molar-refractivity contribution >= 4 is 9.84 Å². The van der Waals surface area contributed by atoms with Gasteiger partial charge in [0.25, 0.3) is 0 Å². The Morgan fingerprint density at radius 2 is 1.85 bits per heavy atom. The van der Waals surface area contributed by atoms with E-state index in [2.05, 4.69) is 38.2 Å². The highest BCUT2D eigenvalue weighted by Crippen LogP contribution is 2.43. The summed E-state index contributed by atoms with van der Waals surface area (Å²) in [6, 6.07) is 0. The van der Waals surface area contributed by atoms with Crippen molar-refractivity contribution in [1.82, 2.24) is 5.32 Å². The maximum atomic E-state index is 12.8. The Labute approximate surface area is 159 Å². The summed E-state index contributed by atoms with van der Waals surface area (Å²) in [5, 5.41) is 3.25. The number of hydrogen-bond donors (Lipinski definition) is 1. The molecule has 4 heteroatoms. The average molecular weight is 378 g/mol. The molecule has 2 aliphatic carbocycles. The van der Waals surface area contributed by atoms with Crippen molar-refractivity contribution in [2.45, 2.75) is 52.9 Å². The van der Waals surface area contributed by atoms with Crippen LogP contribution in [-0.4, -0.2) is 27.3 Å². The van der Waals surface area contributed by atoms with E-state index in [0.717, 1.165) is 38.3 Å². The Morgan fingerprint density at radius 1 is 1.12 bits per heavy atom. The fourth-order valence-electron chi connectivity index (χ4n) is 3.96. The Kier molecular flexibility index (Phi) is 6.13. The van der Waals surface area contributed by atoms with Gasteiger partial charge in [0.1, 0.15) is 0 Å². The fraction of sp³-hybridized carbons (Fsp3) is 0.727. The summed E-state index contributed by atoms with van der Waals surface area (Å²) in [4.78, 5) is 0.545. The zero-order valence-electron chi connectivity index (χ0n) is 16.6. The third kappa shape index (κ3) is 5.82. The first-order valence-corrected chi connectivity index (χ1v) is 11.9. The third-order valence-corrected chi connectivity index (χ3v) is 7.39. The third-order valence-electron chi connectivity index (χ3n) is 5.76. The second kappa shape index (κ2) is 8.02. The molecule has 3 nitrogen and oxygen atoms in total. The summed E-state index contributed by atoms with van der Waals surface area (Å²) in [6.07, 6.45) is 15.9. The van der Waals surface area contributed by atoms with Crippen molar-refractivity contribution in [2.75, 3.05) is 18.8 Å². The van der Waals surface area contributed by atoms with Gasteiger partial charge in [-0.1, -0.05) is 57.9 Å². The first-order chi connectivity index (χ1) is 12.2. The summed E-state index contributed by atoms with van der Waals surface area (Å²) in [7, 11) is -3.21. The lowest BCUT2D eigenvalue weighted by atomic mass is 9.75. The molecule has 1 heterocycles. The Hall–Kier alpha value is -0.870. The van der Waals surface area contributed by atoms with Crippen molar-refractivity contribution in [3.8, 4) is 0 Å². The smallest absolute Gasteiger partial charge is 0.181 e. The maximum Gasteiger partial charge on any atom is 0.181 e. The molecule has 0 amide bonds. The quantitative estimate of drug-likeness (QED) is 0.634. The summed E-state index contributed by atoms with van der Waals surface area (Å²) < 4.78 is 25.5. The number of nitrogens with one attached hydrogen (secondary N) is 1. The minimum absolute atomic E-state index is 0.128. The standard InChI is InChI=1S/C22H35NO2S/c1-22(2,3)14-19-9-10-21(13-20(19)12-17-7-8-17)26(24,25)11-5-4-6-18-15-23-16-18/h4-5,9-10,13,17-20,23H,6-8,11-12,14-16H2,1-3H3. The van der Waals surface area contributed by atoms with Gasteiger partial charge in [-0.3, -0.25) is 0 Å². The van der Waals surface area contributed by atoms with Crippen molar-refractivity contribution < 1.29 is 8.42 Å². The van der Waals surface area contributed by atoms with E-state index >= 15 is 0 Å². The minimum Gasteiger partial charge on any atom is -0.316 e. The second-order valence-corrected chi connectivity index (χ2v) is 11.7. The van der Waals surface area contributed by atoms with E-state index in [0.29, 0.717) is 22.7 Å². The molecule has 0 spiro atoms. The topological polar surface area (TPSA) is 46.2 Å². The lowest BCUT2D eigenvalue weighted by Crippen LogP contribution is -2.41. The van der Waals surface area contributed by atoms with Gasteiger partial charge in [-0.05, 0) is 67.5 Å². The van der Waals surface area contributed by atoms with Crippen LogP contribution >= 0.6 is 0 Å². The van der Waals surface area contributed by atoms with Gasteiger partial charge in [-0.25, -0.2) is 8.42 Å². The normalized spacial score (nSPS) is 27.6. The molecular weight excluding hydrogens is 342 g/mol.